The van der Waals surface area contributed by atoms with E-state index in [1.807, 2.05) is 6.92 Å². The lowest BCUT2D eigenvalue weighted by atomic mass is 9.94. The number of hydrogen-bond acceptors (Lipinski definition) is 3. The third kappa shape index (κ3) is 1.67. The summed E-state index contributed by atoms with van der Waals surface area (Å²) in [5.74, 6) is -0.0645. The zero-order valence-electron chi connectivity index (χ0n) is 7.80. The largest absolute Gasteiger partial charge is 0.350 e. The third-order valence-electron chi connectivity index (χ3n) is 2.19. The van der Waals surface area contributed by atoms with E-state index in [1.54, 1.807) is 4.90 Å². The molecule has 76 valence electrons. The monoisotopic (exact) mass is 215 g/mol. The minimum absolute atomic E-state index is 0.228. The maximum Gasteiger partial charge on any atom is 0.167 e. The molecule has 0 aliphatic carbocycles. The summed E-state index contributed by atoms with van der Waals surface area (Å²) >= 11 is 5.59. The van der Waals surface area contributed by atoms with Crippen molar-refractivity contribution in [2.24, 2.45) is 5.73 Å². The van der Waals surface area contributed by atoms with Crippen LogP contribution in [0.25, 0.3) is 0 Å². The predicted octanol–water partition coefficient (Wildman–Crippen LogP) is 1.41. The van der Waals surface area contributed by atoms with Crippen molar-refractivity contribution in [1.82, 2.24) is 4.98 Å². The van der Waals surface area contributed by atoms with Crippen LogP contribution in [0.15, 0.2) is 12.3 Å². The number of hydrogen-bond donors (Lipinski definition) is 1. The van der Waals surface area contributed by atoms with Crippen LogP contribution < -0.4 is 10.6 Å². The predicted molar refractivity (Wildman–Crippen MR) is 54.0 cm³/mol. The van der Waals surface area contributed by atoms with E-state index in [0.717, 1.165) is 0 Å². The standard InChI is InChI=1S/C9H11ClFN3/c1-9(12)4-14(5-9)8-7(11)2-6(10)3-13-8/h2-3H,4-5,12H2,1H3. The smallest absolute Gasteiger partial charge is 0.167 e. The van der Waals surface area contributed by atoms with Crippen molar-refractivity contribution in [3.05, 3.63) is 23.1 Å². The Morgan fingerprint density at radius 3 is 2.79 bits per heavy atom. The second-order valence-corrected chi connectivity index (χ2v) is 4.41. The maximum absolute atomic E-state index is 13.3. The Hall–Kier alpha value is -0.870. The van der Waals surface area contributed by atoms with E-state index in [4.69, 9.17) is 17.3 Å². The van der Waals surface area contributed by atoms with Gasteiger partial charge in [0.1, 0.15) is 0 Å². The number of anilines is 1. The highest BCUT2D eigenvalue weighted by molar-refractivity contribution is 6.30. The van der Waals surface area contributed by atoms with E-state index in [9.17, 15) is 4.39 Å². The van der Waals surface area contributed by atoms with Gasteiger partial charge in [0.05, 0.1) is 5.02 Å². The lowest BCUT2D eigenvalue weighted by molar-refractivity contribution is 0.358. The molecule has 2 rings (SSSR count). The Morgan fingerprint density at radius 2 is 2.29 bits per heavy atom. The van der Waals surface area contributed by atoms with Gasteiger partial charge in [0.2, 0.25) is 0 Å². The highest BCUT2D eigenvalue weighted by atomic mass is 35.5. The molecule has 1 saturated heterocycles. The quantitative estimate of drug-likeness (QED) is 0.770. The van der Waals surface area contributed by atoms with Gasteiger partial charge in [0, 0.05) is 24.8 Å². The van der Waals surface area contributed by atoms with Crippen LogP contribution in [-0.4, -0.2) is 23.6 Å². The van der Waals surface area contributed by atoms with Gasteiger partial charge < -0.3 is 10.6 Å². The van der Waals surface area contributed by atoms with Crippen LogP contribution in [0.1, 0.15) is 6.92 Å². The molecule has 0 atom stereocenters. The highest BCUT2D eigenvalue weighted by Crippen LogP contribution is 2.27. The van der Waals surface area contributed by atoms with E-state index in [-0.39, 0.29) is 5.54 Å². The van der Waals surface area contributed by atoms with Crippen molar-refractivity contribution >= 4 is 17.4 Å². The maximum atomic E-state index is 13.3. The summed E-state index contributed by atoms with van der Waals surface area (Å²) in [6, 6.07) is 1.26. The first-order chi connectivity index (χ1) is 6.48. The van der Waals surface area contributed by atoms with Crippen LogP contribution in [0.2, 0.25) is 5.02 Å². The Balaban J connectivity index is 2.19. The van der Waals surface area contributed by atoms with Crippen LogP contribution in [-0.2, 0) is 0 Å². The van der Waals surface area contributed by atoms with Gasteiger partial charge >= 0.3 is 0 Å². The van der Waals surface area contributed by atoms with Crippen molar-refractivity contribution in [2.75, 3.05) is 18.0 Å². The summed E-state index contributed by atoms with van der Waals surface area (Å²) in [4.78, 5) is 5.73. The summed E-state index contributed by atoms with van der Waals surface area (Å²) in [5, 5.41) is 0.308. The zero-order valence-corrected chi connectivity index (χ0v) is 8.55. The molecule has 0 unspecified atom stereocenters. The Bertz CT molecular complexity index is 359. The molecule has 14 heavy (non-hydrogen) atoms. The van der Waals surface area contributed by atoms with Gasteiger partial charge in [-0.2, -0.15) is 0 Å². The fraction of sp³-hybridized carbons (Fsp3) is 0.444. The second kappa shape index (κ2) is 3.07. The second-order valence-electron chi connectivity index (χ2n) is 3.97. The molecule has 0 amide bonds. The van der Waals surface area contributed by atoms with Gasteiger partial charge in [0.15, 0.2) is 11.6 Å². The summed E-state index contributed by atoms with van der Waals surface area (Å²) < 4.78 is 13.3. The van der Waals surface area contributed by atoms with Crippen LogP contribution in [0.3, 0.4) is 0 Å². The fourth-order valence-corrected chi connectivity index (χ4v) is 1.76. The van der Waals surface area contributed by atoms with Gasteiger partial charge in [-0.3, -0.25) is 0 Å². The molecule has 1 fully saturated rings. The van der Waals surface area contributed by atoms with Crippen molar-refractivity contribution in [3.8, 4) is 0 Å². The lowest BCUT2D eigenvalue weighted by Gasteiger charge is -2.46. The SMILES string of the molecule is CC1(N)CN(c2ncc(Cl)cc2F)C1. The number of aromatic nitrogens is 1. The molecular formula is C9H11ClFN3. The number of pyridine rings is 1. The fourth-order valence-electron chi connectivity index (χ4n) is 1.62. The summed E-state index contributed by atoms with van der Waals surface area (Å²) in [7, 11) is 0. The lowest BCUT2D eigenvalue weighted by Crippen LogP contribution is -2.66. The Kier molecular flexibility index (Phi) is 2.12. The topological polar surface area (TPSA) is 42.1 Å². The number of nitrogens with two attached hydrogens (primary N) is 1. The highest BCUT2D eigenvalue weighted by Gasteiger charge is 2.36. The molecule has 1 aliphatic heterocycles. The van der Waals surface area contributed by atoms with Crippen LogP contribution >= 0.6 is 11.6 Å². The van der Waals surface area contributed by atoms with Gasteiger partial charge in [-0.05, 0) is 13.0 Å². The molecule has 0 bridgehead atoms. The van der Waals surface area contributed by atoms with Gasteiger partial charge in [-0.25, -0.2) is 9.37 Å². The summed E-state index contributed by atoms with van der Waals surface area (Å²) in [5.41, 5.74) is 5.58. The molecule has 0 spiro atoms. The van der Waals surface area contributed by atoms with E-state index < -0.39 is 5.82 Å². The van der Waals surface area contributed by atoms with E-state index in [0.29, 0.717) is 23.9 Å². The molecule has 1 aliphatic rings. The number of halogens is 2. The zero-order chi connectivity index (χ0) is 10.3. The van der Waals surface area contributed by atoms with Crippen LogP contribution in [0.4, 0.5) is 10.2 Å². The summed E-state index contributed by atoms with van der Waals surface area (Å²) in [6.45, 7) is 3.18. The van der Waals surface area contributed by atoms with Crippen LogP contribution in [0.5, 0.6) is 0 Å². The normalized spacial score (nSPS) is 19.3. The molecule has 1 aromatic heterocycles. The van der Waals surface area contributed by atoms with E-state index >= 15 is 0 Å². The van der Waals surface area contributed by atoms with Gasteiger partial charge in [0.25, 0.3) is 0 Å². The minimum atomic E-state index is -0.395. The molecule has 2 N–H and O–H groups in total. The molecule has 5 heteroatoms. The van der Waals surface area contributed by atoms with Crippen molar-refractivity contribution in [2.45, 2.75) is 12.5 Å². The molecule has 0 saturated carbocycles. The minimum Gasteiger partial charge on any atom is -0.350 e. The summed E-state index contributed by atoms with van der Waals surface area (Å²) in [6.07, 6.45) is 1.44. The molecule has 0 radical (unpaired) electrons. The van der Waals surface area contributed by atoms with Crippen molar-refractivity contribution < 1.29 is 4.39 Å². The van der Waals surface area contributed by atoms with Gasteiger partial charge in [-0.15, -0.1) is 0 Å². The molecule has 1 aromatic rings. The Labute approximate surface area is 86.7 Å². The molecular weight excluding hydrogens is 205 g/mol. The number of nitrogens with zero attached hydrogens (tertiary/aromatic N) is 2. The van der Waals surface area contributed by atoms with Crippen LogP contribution in [0, 0.1) is 5.82 Å². The first-order valence-corrected chi connectivity index (χ1v) is 4.71. The van der Waals surface area contributed by atoms with Crippen molar-refractivity contribution in [3.63, 3.8) is 0 Å². The molecule has 3 nitrogen and oxygen atoms in total. The first-order valence-electron chi connectivity index (χ1n) is 4.33. The number of rotatable bonds is 1. The molecule has 0 aromatic carbocycles. The van der Waals surface area contributed by atoms with Crippen molar-refractivity contribution in [1.29, 1.82) is 0 Å². The van der Waals surface area contributed by atoms with E-state index in [2.05, 4.69) is 4.98 Å². The average molecular weight is 216 g/mol. The van der Waals surface area contributed by atoms with Gasteiger partial charge in [-0.1, -0.05) is 11.6 Å². The Morgan fingerprint density at radius 1 is 1.64 bits per heavy atom. The third-order valence-corrected chi connectivity index (χ3v) is 2.40. The average Bonchev–Trinajstić information content (AvgIpc) is 2.00. The van der Waals surface area contributed by atoms with E-state index in [1.165, 1.54) is 12.3 Å². The first kappa shape index (κ1) is 9.68. The molecule has 2 heterocycles.